The van der Waals surface area contributed by atoms with Crippen LogP contribution in [0.5, 0.6) is 0 Å². The summed E-state index contributed by atoms with van der Waals surface area (Å²) in [6, 6.07) is 13.9. The van der Waals surface area contributed by atoms with Crippen molar-refractivity contribution >= 4 is 42.6 Å². The van der Waals surface area contributed by atoms with Gasteiger partial charge in [0.15, 0.2) is 5.13 Å². The Kier molecular flexibility index (Phi) is 6.19. The number of hydrogen-bond donors (Lipinski definition) is 2. The second kappa shape index (κ2) is 8.35. The molecule has 2 N–H and O–H groups in total. The van der Waals surface area contributed by atoms with E-state index in [1.807, 2.05) is 37.3 Å². The van der Waals surface area contributed by atoms with Crippen molar-refractivity contribution in [2.75, 3.05) is 11.0 Å². The van der Waals surface area contributed by atoms with Gasteiger partial charge < -0.3 is 5.32 Å². The minimum atomic E-state index is -3.38. The number of rotatable bonds is 6. The van der Waals surface area contributed by atoms with Crippen LogP contribution in [0.25, 0.3) is 10.2 Å². The van der Waals surface area contributed by atoms with Crippen molar-refractivity contribution in [3.63, 3.8) is 0 Å². The smallest absolute Gasteiger partial charge is 0.231 e. The molecule has 0 saturated carbocycles. The summed E-state index contributed by atoms with van der Waals surface area (Å²) < 4.78 is 26.0. The third-order valence-electron chi connectivity index (χ3n) is 4.87. The monoisotopic (exact) mass is 445 g/mol. The molecule has 0 spiro atoms. The van der Waals surface area contributed by atoms with E-state index in [0.29, 0.717) is 17.2 Å². The maximum atomic E-state index is 12.7. The van der Waals surface area contributed by atoms with E-state index < -0.39 is 10.0 Å². The van der Waals surface area contributed by atoms with Crippen molar-refractivity contribution in [3.05, 3.63) is 59.2 Å². The van der Waals surface area contributed by atoms with Crippen LogP contribution in [-0.2, 0) is 26.8 Å². The van der Waals surface area contributed by atoms with Gasteiger partial charge in [-0.25, -0.2) is 13.4 Å². The minimum Gasteiger partial charge on any atom is -0.352 e. The third kappa shape index (κ3) is 5.58. The lowest BCUT2D eigenvalue weighted by Gasteiger charge is -2.19. The molecule has 0 fully saturated rings. The van der Waals surface area contributed by atoms with Gasteiger partial charge >= 0.3 is 0 Å². The number of hydrogen-bond acceptors (Lipinski definition) is 5. The summed E-state index contributed by atoms with van der Waals surface area (Å²) in [6.07, 6.45) is 1.09. The second-order valence-corrected chi connectivity index (χ2v) is 11.3. The van der Waals surface area contributed by atoms with Crippen molar-refractivity contribution in [1.29, 1.82) is 0 Å². The Morgan fingerprint density at radius 3 is 2.40 bits per heavy atom. The van der Waals surface area contributed by atoms with E-state index in [2.05, 4.69) is 47.9 Å². The van der Waals surface area contributed by atoms with Gasteiger partial charge in [0.2, 0.25) is 15.9 Å². The van der Waals surface area contributed by atoms with Crippen molar-refractivity contribution < 1.29 is 13.2 Å². The van der Waals surface area contributed by atoms with E-state index in [-0.39, 0.29) is 17.2 Å². The number of carbonyl (C=O) groups excluding carboxylic acids is 1. The first-order valence-corrected chi connectivity index (χ1v) is 12.4. The zero-order chi connectivity index (χ0) is 22.1. The van der Waals surface area contributed by atoms with Crippen LogP contribution in [0.2, 0.25) is 0 Å². The second-order valence-electron chi connectivity index (χ2n) is 8.51. The Bertz CT molecular complexity index is 1160. The molecule has 1 atom stereocenters. The first-order chi connectivity index (χ1) is 13.9. The average Bonchev–Trinajstić information content (AvgIpc) is 3.04. The number of carbonyl (C=O) groups is 1. The van der Waals surface area contributed by atoms with Crippen LogP contribution < -0.4 is 10.0 Å². The number of thiazole rings is 1. The van der Waals surface area contributed by atoms with Crippen LogP contribution in [0.4, 0.5) is 5.13 Å². The first kappa shape index (κ1) is 22.2. The topological polar surface area (TPSA) is 88.2 Å². The number of benzene rings is 2. The summed E-state index contributed by atoms with van der Waals surface area (Å²) in [5.41, 5.74) is 3.97. The number of fused-ring (bicyclic) bond motifs is 1. The van der Waals surface area contributed by atoms with Gasteiger partial charge in [-0.2, -0.15) is 0 Å². The molecule has 0 aliphatic rings. The number of nitrogens with zero attached hydrogens (tertiary/aromatic N) is 1. The molecule has 0 aliphatic heterocycles. The van der Waals surface area contributed by atoms with Crippen LogP contribution in [-0.4, -0.2) is 25.6 Å². The first-order valence-electron chi connectivity index (χ1n) is 9.68. The van der Waals surface area contributed by atoms with Crippen LogP contribution in [0, 0.1) is 0 Å². The third-order valence-corrected chi connectivity index (χ3v) is 6.49. The quantitative estimate of drug-likeness (QED) is 0.589. The van der Waals surface area contributed by atoms with E-state index in [1.54, 1.807) is 0 Å². The Balaban J connectivity index is 1.67. The molecule has 30 heavy (non-hydrogen) atoms. The minimum absolute atomic E-state index is 0.0618. The standard InChI is InChI=1S/C22H27N3O3S2/c1-14(20(26)23-13-15-6-9-17(10-7-15)22(2,3)4)16-8-11-18-19(12-16)29-21(24-18)25-30(5,27)28/h6-12,14H,13H2,1-5H3,(H,23,26)(H,24,25). The number of nitrogens with one attached hydrogen (secondary N) is 2. The largest absolute Gasteiger partial charge is 0.352 e. The summed E-state index contributed by atoms with van der Waals surface area (Å²) in [7, 11) is -3.38. The molecule has 2 aromatic carbocycles. The van der Waals surface area contributed by atoms with Crippen LogP contribution in [0.3, 0.4) is 0 Å². The summed E-state index contributed by atoms with van der Waals surface area (Å²) in [4.78, 5) is 16.9. The molecule has 0 bridgehead atoms. The zero-order valence-electron chi connectivity index (χ0n) is 17.8. The van der Waals surface area contributed by atoms with Crippen molar-refractivity contribution in [2.24, 2.45) is 0 Å². The maximum Gasteiger partial charge on any atom is 0.231 e. The molecule has 0 aliphatic carbocycles. The summed E-state index contributed by atoms with van der Waals surface area (Å²) in [5.74, 6) is -0.398. The van der Waals surface area contributed by atoms with Gasteiger partial charge in [0.1, 0.15) is 0 Å². The predicted molar refractivity (Wildman–Crippen MR) is 123 cm³/mol. The van der Waals surface area contributed by atoms with Crippen LogP contribution in [0.15, 0.2) is 42.5 Å². The van der Waals surface area contributed by atoms with E-state index in [4.69, 9.17) is 0 Å². The van der Waals surface area contributed by atoms with Gasteiger partial charge in [0.25, 0.3) is 0 Å². The van der Waals surface area contributed by atoms with Gasteiger partial charge in [-0.05, 0) is 41.2 Å². The molecule has 3 aromatic rings. The molecule has 1 aromatic heterocycles. The SMILES string of the molecule is CC(C(=O)NCc1ccc(C(C)(C)C)cc1)c1ccc2nc(NS(C)(=O)=O)sc2c1. The normalized spacial score (nSPS) is 13.2. The number of aromatic nitrogens is 1. The highest BCUT2D eigenvalue weighted by Gasteiger charge is 2.17. The number of anilines is 1. The van der Waals surface area contributed by atoms with E-state index in [9.17, 15) is 13.2 Å². The Morgan fingerprint density at radius 2 is 1.80 bits per heavy atom. The summed E-state index contributed by atoms with van der Waals surface area (Å²) >= 11 is 1.25. The van der Waals surface area contributed by atoms with E-state index in [0.717, 1.165) is 22.1 Å². The molecule has 3 rings (SSSR count). The molecule has 0 saturated heterocycles. The summed E-state index contributed by atoms with van der Waals surface area (Å²) in [6.45, 7) is 8.84. The fourth-order valence-corrected chi connectivity index (χ4v) is 4.78. The highest BCUT2D eigenvalue weighted by atomic mass is 32.2. The Morgan fingerprint density at radius 1 is 1.13 bits per heavy atom. The number of amides is 1. The highest BCUT2D eigenvalue weighted by molar-refractivity contribution is 7.92. The molecular weight excluding hydrogens is 418 g/mol. The molecule has 0 radical (unpaired) electrons. The average molecular weight is 446 g/mol. The Labute approximate surface area is 181 Å². The number of sulfonamides is 1. The molecule has 160 valence electrons. The summed E-state index contributed by atoms with van der Waals surface area (Å²) in [5, 5.41) is 3.32. The van der Waals surface area contributed by atoms with E-state index >= 15 is 0 Å². The van der Waals surface area contributed by atoms with E-state index in [1.165, 1.54) is 16.9 Å². The highest BCUT2D eigenvalue weighted by Crippen LogP contribution is 2.29. The molecular formula is C22H27N3O3S2. The lowest BCUT2D eigenvalue weighted by Crippen LogP contribution is -2.27. The van der Waals surface area contributed by atoms with Gasteiger partial charge in [0, 0.05) is 6.54 Å². The van der Waals surface area contributed by atoms with Crippen LogP contribution >= 0.6 is 11.3 Å². The van der Waals surface area contributed by atoms with Gasteiger partial charge in [-0.1, -0.05) is 62.4 Å². The van der Waals surface area contributed by atoms with Crippen molar-refractivity contribution in [1.82, 2.24) is 10.3 Å². The van der Waals surface area contributed by atoms with Gasteiger partial charge in [0.05, 0.1) is 22.4 Å². The van der Waals surface area contributed by atoms with Crippen molar-refractivity contribution in [2.45, 2.75) is 45.6 Å². The lowest BCUT2D eigenvalue weighted by molar-refractivity contribution is -0.122. The Hall–Kier alpha value is -2.45. The predicted octanol–water partition coefficient (Wildman–Crippen LogP) is 4.39. The van der Waals surface area contributed by atoms with Crippen molar-refractivity contribution in [3.8, 4) is 0 Å². The molecule has 6 nitrogen and oxygen atoms in total. The lowest BCUT2D eigenvalue weighted by atomic mass is 9.87. The zero-order valence-corrected chi connectivity index (χ0v) is 19.4. The fraction of sp³-hybridized carbons (Fsp3) is 0.364. The fourth-order valence-electron chi connectivity index (χ4n) is 3.03. The molecule has 1 heterocycles. The van der Waals surface area contributed by atoms with Gasteiger partial charge in [-0.3, -0.25) is 9.52 Å². The molecule has 8 heteroatoms. The van der Waals surface area contributed by atoms with Crippen LogP contribution in [0.1, 0.15) is 50.3 Å². The van der Waals surface area contributed by atoms with Gasteiger partial charge in [-0.15, -0.1) is 0 Å². The molecule has 1 amide bonds. The molecule has 1 unspecified atom stereocenters. The maximum absolute atomic E-state index is 12.7.